The predicted molar refractivity (Wildman–Crippen MR) is 69.6 cm³/mol. The number of benzene rings is 1. The molecule has 6 heteroatoms. The van der Waals surface area contributed by atoms with Gasteiger partial charge in [0.2, 0.25) is 0 Å². The van der Waals surface area contributed by atoms with Gasteiger partial charge in [0.15, 0.2) is 0 Å². The highest BCUT2D eigenvalue weighted by atomic mass is 32.1. The van der Waals surface area contributed by atoms with Crippen molar-refractivity contribution in [1.29, 1.82) is 0 Å². The minimum atomic E-state index is -4.41. The molecular formula is C13H12F3NOS. The molecule has 2 aromatic rings. The predicted octanol–water partition coefficient (Wildman–Crippen LogP) is 4.39. The Morgan fingerprint density at radius 1 is 1.26 bits per heavy atom. The lowest BCUT2D eigenvalue weighted by Gasteiger charge is -2.15. The maximum absolute atomic E-state index is 12.9. The largest absolute Gasteiger partial charge is 0.497 e. The summed E-state index contributed by atoms with van der Waals surface area (Å²) in [5.41, 5.74) is 0.288. The Balaban J connectivity index is 2.23. The molecule has 2 rings (SSSR count). The van der Waals surface area contributed by atoms with E-state index in [1.807, 2.05) is 16.8 Å². The lowest BCUT2D eigenvalue weighted by molar-refractivity contribution is -0.137. The van der Waals surface area contributed by atoms with Gasteiger partial charge < -0.3 is 10.1 Å². The Morgan fingerprint density at radius 2 is 2.05 bits per heavy atom. The summed E-state index contributed by atoms with van der Waals surface area (Å²) in [5.74, 6) is 0.188. The van der Waals surface area contributed by atoms with Crippen LogP contribution in [-0.4, -0.2) is 7.11 Å². The summed E-state index contributed by atoms with van der Waals surface area (Å²) in [5, 5.41) is 6.58. The van der Waals surface area contributed by atoms with E-state index in [0.717, 1.165) is 11.6 Å². The maximum Gasteiger partial charge on any atom is 0.418 e. The monoisotopic (exact) mass is 287 g/mol. The van der Waals surface area contributed by atoms with Crippen molar-refractivity contribution in [3.8, 4) is 5.75 Å². The van der Waals surface area contributed by atoms with Crippen LogP contribution in [-0.2, 0) is 12.7 Å². The summed E-state index contributed by atoms with van der Waals surface area (Å²) >= 11 is 1.51. The third kappa shape index (κ3) is 3.41. The average Bonchev–Trinajstić information content (AvgIpc) is 2.88. The van der Waals surface area contributed by atoms with Crippen LogP contribution in [0, 0.1) is 0 Å². The summed E-state index contributed by atoms with van der Waals surface area (Å²) in [7, 11) is 1.34. The van der Waals surface area contributed by atoms with Crippen molar-refractivity contribution in [3.63, 3.8) is 0 Å². The van der Waals surface area contributed by atoms with Crippen LogP contribution in [0.25, 0.3) is 0 Å². The van der Waals surface area contributed by atoms with E-state index in [0.29, 0.717) is 6.54 Å². The quantitative estimate of drug-likeness (QED) is 0.900. The molecule has 1 heterocycles. The summed E-state index contributed by atoms with van der Waals surface area (Å²) < 4.78 is 43.6. The molecule has 2 nitrogen and oxygen atoms in total. The molecule has 19 heavy (non-hydrogen) atoms. The molecule has 102 valence electrons. The Morgan fingerprint density at radius 3 is 2.63 bits per heavy atom. The molecule has 0 aliphatic heterocycles. The van der Waals surface area contributed by atoms with Crippen molar-refractivity contribution >= 4 is 17.0 Å². The van der Waals surface area contributed by atoms with Crippen molar-refractivity contribution in [3.05, 3.63) is 46.2 Å². The Hall–Kier alpha value is -1.69. The lowest BCUT2D eigenvalue weighted by Crippen LogP contribution is -2.11. The molecule has 0 aliphatic rings. The highest BCUT2D eigenvalue weighted by Crippen LogP contribution is 2.37. The number of rotatable bonds is 4. The zero-order valence-corrected chi connectivity index (χ0v) is 10.9. The fraction of sp³-hybridized carbons (Fsp3) is 0.231. The summed E-state index contributed by atoms with van der Waals surface area (Å²) in [6.45, 7) is 0.360. The number of ether oxygens (including phenoxy) is 1. The molecule has 0 unspecified atom stereocenters. The van der Waals surface area contributed by atoms with E-state index in [-0.39, 0.29) is 11.4 Å². The molecule has 0 aliphatic carbocycles. The van der Waals surface area contributed by atoms with Gasteiger partial charge in [-0.05, 0) is 40.6 Å². The first kappa shape index (κ1) is 13.7. The number of anilines is 1. The van der Waals surface area contributed by atoms with E-state index >= 15 is 0 Å². The molecule has 0 radical (unpaired) electrons. The van der Waals surface area contributed by atoms with Crippen molar-refractivity contribution in [1.82, 2.24) is 0 Å². The standard InChI is InChI=1S/C13H12F3NOS/c1-18-10-2-3-12(11(6-10)13(14,15)16)17-7-9-4-5-19-8-9/h2-6,8,17H,7H2,1H3. The Bertz CT molecular complexity index is 537. The zero-order valence-electron chi connectivity index (χ0n) is 10.1. The second kappa shape index (κ2) is 5.52. The fourth-order valence-electron chi connectivity index (χ4n) is 1.63. The van der Waals surface area contributed by atoms with Gasteiger partial charge in [-0.25, -0.2) is 0 Å². The molecule has 0 saturated heterocycles. The molecule has 1 aromatic carbocycles. The number of hydrogen-bond donors (Lipinski definition) is 1. The molecule has 0 spiro atoms. The molecule has 0 amide bonds. The van der Waals surface area contributed by atoms with E-state index in [1.54, 1.807) is 0 Å². The average molecular weight is 287 g/mol. The number of alkyl halides is 3. The van der Waals surface area contributed by atoms with Crippen LogP contribution in [0.15, 0.2) is 35.0 Å². The molecule has 0 fully saturated rings. The number of methoxy groups -OCH3 is 1. The van der Waals surface area contributed by atoms with Crippen LogP contribution in [0.1, 0.15) is 11.1 Å². The summed E-state index contributed by atoms with van der Waals surface area (Å²) in [6, 6.07) is 5.75. The topological polar surface area (TPSA) is 21.3 Å². The molecule has 0 saturated carbocycles. The lowest BCUT2D eigenvalue weighted by atomic mass is 10.1. The molecule has 1 aromatic heterocycles. The highest BCUT2D eigenvalue weighted by molar-refractivity contribution is 7.07. The van der Waals surface area contributed by atoms with Gasteiger partial charge in [0, 0.05) is 12.2 Å². The molecule has 1 N–H and O–H groups in total. The number of nitrogens with one attached hydrogen (secondary N) is 1. The first-order valence-corrected chi connectivity index (χ1v) is 6.45. The van der Waals surface area contributed by atoms with E-state index in [9.17, 15) is 13.2 Å². The highest BCUT2D eigenvalue weighted by Gasteiger charge is 2.34. The van der Waals surface area contributed by atoms with Crippen molar-refractivity contribution in [2.75, 3.05) is 12.4 Å². The van der Waals surface area contributed by atoms with Crippen LogP contribution in [0.3, 0.4) is 0 Å². The number of thiophene rings is 1. The SMILES string of the molecule is COc1ccc(NCc2ccsc2)c(C(F)(F)F)c1. The smallest absolute Gasteiger partial charge is 0.418 e. The van der Waals surface area contributed by atoms with Gasteiger partial charge in [0.1, 0.15) is 5.75 Å². The van der Waals surface area contributed by atoms with Crippen LogP contribution >= 0.6 is 11.3 Å². The van der Waals surface area contributed by atoms with Crippen LogP contribution in [0.5, 0.6) is 5.75 Å². The zero-order chi connectivity index (χ0) is 13.9. The third-order valence-corrected chi connectivity index (χ3v) is 3.33. The first-order valence-electron chi connectivity index (χ1n) is 5.51. The number of hydrogen-bond acceptors (Lipinski definition) is 3. The summed E-state index contributed by atoms with van der Waals surface area (Å²) in [6.07, 6.45) is -4.41. The second-order valence-electron chi connectivity index (χ2n) is 3.89. The van der Waals surface area contributed by atoms with Gasteiger partial charge in [-0.15, -0.1) is 0 Å². The van der Waals surface area contributed by atoms with E-state index in [1.165, 1.54) is 30.6 Å². The van der Waals surface area contributed by atoms with Gasteiger partial charge in [-0.3, -0.25) is 0 Å². The van der Waals surface area contributed by atoms with Gasteiger partial charge in [-0.2, -0.15) is 24.5 Å². The minimum absolute atomic E-state index is 0.0551. The van der Waals surface area contributed by atoms with Crippen LogP contribution in [0.4, 0.5) is 18.9 Å². The summed E-state index contributed by atoms with van der Waals surface area (Å²) in [4.78, 5) is 0. The minimum Gasteiger partial charge on any atom is -0.497 e. The second-order valence-corrected chi connectivity index (χ2v) is 4.67. The Kier molecular flexibility index (Phi) is 3.99. The van der Waals surface area contributed by atoms with Crippen LogP contribution in [0.2, 0.25) is 0 Å². The third-order valence-electron chi connectivity index (χ3n) is 2.60. The first-order chi connectivity index (χ1) is 9.00. The molecule has 0 bridgehead atoms. The normalized spacial score (nSPS) is 11.4. The van der Waals surface area contributed by atoms with E-state index < -0.39 is 11.7 Å². The van der Waals surface area contributed by atoms with Gasteiger partial charge >= 0.3 is 6.18 Å². The van der Waals surface area contributed by atoms with Gasteiger partial charge in [0.05, 0.1) is 12.7 Å². The van der Waals surface area contributed by atoms with Crippen molar-refractivity contribution < 1.29 is 17.9 Å². The Labute approximate surface area is 112 Å². The van der Waals surface area contributed by atoms with E-state index in [2.05, 4.69) is 5.32 Å². The van der Waals surface area contributed by atoms with Gasteiger partial charge in [-0.1, -0.05) is 0 Å². The fourth-order valence-corrected chi connectivity index (χ4v) is 2.30. The van der Waals surface area contributed by atoms with Crippen LogP contribution < -0.4 is 10.1 Å². The molecular weight excluding hydrogens is 275 g/mol. The van der Waals surface area contributed by atoms with Crippen molar-refractivity contribution in [2.24, 2.45) is 0 Å². The molecule has 0 atom stereocenters. The van der Waals surface area contributed by atoms with Gasteiger partial charge in [0.25, 0.3) is 0 Å². The maximum atomic E-state index is 12.9. The number of halogens is 3. The van der Waals surface area contributed by atoms with Crippen molar-refractivity contribution in [2.45, 2.75) is 12.7 Å². The van der Waals surface area contributed by atoms with E-state index in [4.69, 9.17) is 4.74 Å².